The summed E-state index contributed by atoms with van der Waals surface area (Å²) in [5, 5.41) is 2.88. The Morgan fingerprint density at radius 2 is 1.82 bits per heavy atom. The number of carbonyl (C=O) groups excluding carboxylic acids is 2. The summed E-state index contributed by atoms with van der Waals surface area (Å²) in [6, 6.07) is 16.4. The number of para-hydroxylation sites is 1. The summed E-state index contributed by atoms with van der Waals surface area (Å²) in [7, 11) is 0. The van der Waals surface area contributed by atoms with Crippen LogP contribution >= 0.6 is 0 Å². The molecule has 1 unspecified atom stereocenters. The zero-order chi connectivity index (χ0) is 19.9. The Morgan fingerprint density at radius 3 is 2.50 bits per heavy atom. The van der Waals surface area contributed by atoms with Crippen LogP contribution in [0.4, 0.5) is 5.69 Å². The van der Waals surface area contributed by atoms with Crippen LogP contribution < -0.4 is 10.1 Å². The first-order chi connectivity index (χ1) is 13.6. The van der Waals surface area contributed by atoms with Crippen LogP contribution in [0.3, 0.4) is 0 Å². The molecule has 0 aromatic heterocycles. The standard InChI is InChI=1S/C23H28N2O3/c1-3-21(28-20-10-5-4-6-11-20)22(26)24-19-9-7-8-18(16-19)23(27)25-14-12-17(2)13-15-25/h4-11,16-17,21H,3,12-15H2,1-2H3,(H,24,26). The Morgan fingerprint density at radius 1 is 1.11 bits per heavy atom. The van der Waals surface area contributed by atoms with Gasteiger partial charge >= 0.3 is 0 Å². The average molecular weight is 380 g/mol. The predicted octanol–water partition coefficient (Wildman–Crippen LogP) is 4.35. The van der Waals surface area contributed by atoms with Crippen molar-refractivity contribution in [2.24, 2.45) is 5.92 Å². The summed E-state index contributed by atoms with van der Waals surface area (Å²) in [5.41, 5.74) is 1.21. The van der Waals surface area contributed by atoms with E-state index in [2.05, 4.69) is 12.2 Å². The highest BCUT2D eigenvalue weighted by molar-refractivity contribution is 5.98. The molecule has 148 valence electrons. The van der Waals surface area contributed by atoms with E-state index in [0.717, 1.165) is 25.9 Å². The second-order valence-electron chi connectivity index (χ2n) is 7.37. The molecule has 0 aliphatic carbocycles. The Hall–Kier alpha value is -2.82. The Labute approximate surface area is 166 Å². The Bertz CT molecular complexity index is 799. The molecule has 1 aliphatic heterocycles. The van der Waals surface area contributed by atoms with Crippen molar-refractivity contribution in [3.8, 4) is 5.75 Å². The highest BCUT2D eigenvalue weighted by Gasteiger charge is 2.22. The van der Waals surface area contributed by atoms with Crippen molar-refractivity contribution in [2.75, 3.05) is 18.4 Å². The molecular weight excluding hydrogens is 352 g/mol. The number of likely N-dealkylation sites (tertiary alicyclic amines) is 1. The fourth-order valence-corrected chi connectivity index (χ4v) is 3.33. The molecular formula is C23H28N2O3. The van der Waals surface area contributed by atoms with Crippen molar-refractivity contribution in [1.82, 2.24) is 4.90 Å². The SMILES string of the molecule is CCC(Oc1ccccc1)C(=O)Nc1cccc(C(=O)N2CCC(C)CC2)c1. The number of anilines is 1. The average Bonchev–Trinajstić information content (AvgIpc) is 2.73. The van der Waals surface area contributed by atoms with E-state index in [4.69, 9.17) is 4.74 Å². The minimum absolute atomic E-state index is 0.0237. The molecule has 3 rings (SSSR count). The Balaban J connectivity index is 1.64. The van der Waals surface area contributed by atoms with Gasteiger partial charge in [-0.2, -0.15) is 0 Å². The first-order valence-corrected chi connectivity index (χ1v) is 9.98. The first-order valence-electron chi connectivity index (χ1n) is 9.98. The van der Waals surface area contributed by atoms with Gasteiger partial charge in [0, 0.05) is 24.3 Å². The molecule has 1 fully saturated rings. The molecule has 5 heteroatoms. The van der Waals surface area contributed by atoms with E-state index in [1.165, 1.54) is 0 Å². The summed E-state index contributed by atoms with van der Waals surface area (Å²) in [6.07, 6.45) is 2.03. The molecule has 1 N–H and O–H groups in total. The molecule has 28 heavy (non-hydrogen) atoms. The third kappa shape index (κ3) is 5.12. The molecule has 1 aliphatic rings. The molecule has 1 atom stereocenters. The number of carbonyl (C=O) groups is 2. The number of benzene rings is 2. The minimum Gasteiger partial charge on any atom is -0.481 e. The monoisotopic (exact) mass is 380 g/mol. The number of rotatable bonds is 6. The molecule has 0 bridgehead atoms. The molecule has 1 heterocycles. The number of ether oxygens (including phenoxy) is 1. The third-order valence-corrected chi connectivity index (χ3v) is 5.13. The van der Waals surface area contributed by atoms with Gasteiger partial charge in [0.05, 0.1) is 0 Å². The van der Waals surface area contributed by atoms with E-state index in [0.29, 0.717) is 29.3 Å². The maximum absolute atomic E-state index is 12.8. The van der Waals surface area contributed by atoms with Crippen molar-refractivity contribution in [3.63, 3.8) is 0 Å². The summed E-state index contributed by atoms with van der Waals surface area (Å²) < 4.78 is 5.79. The topological polar surface area (TPSA) is 58.6 Å². The third-order valence-electron chi connectivity index (χ3n) is 5.13. The summed E-state index contributed by atoms with van der Waals surface area (Å²) in [5.74, 6) is 1.14. The normalized spacial score (nSPS) is 15.7. The van der Waals surface area contributed by atoms with Crippen LogP contribution in [0, 0.1) is 5.92 Å². The first kappa shape index (κ1) is 19.9. The predicted molar refractivity (Wildman–Crippen MR) is 111 cm³/mol. The van der Waals surface area contributed by atoms with Gasteiger partial charge in [-0.15, -0.1) is 0 Å². The van der Waals surface area contributed by atoms with E-state index in [1.807, 2.05) is 42.2 Å². The van der Waals surface area contributed by atoms with Crippen molar-refractivity contribution < 1.29 is 14.3 Å². The number of nitrogens with one attached hydrogen (secondary N) is 1. The zero-order valence-corrected chi connectivity index (χ0v) is 16.6. The van der Waals surface area contributed by atoms with Crippen molar-refractivity contribution in [1.29, 1.82) is 0 Å². The summed E-state index contributed by atoms with van der Waals surface area (Å²) in [6.45, 7) is 5.71. The molecule has 0 spiro atoms. The highest BCUT2D eigenvalue weighted by Crippen LogP contribution is 2.20. The number of hydrogen-bond donors (Lipinski definition) is 1. The van der Waals surface area contributed by atoms with Crippen molar-refractivity contribution in [2.45, 2.75) is 39.2 Å². The molecule has 1 saturated heterocycles. The molecule has 5 nitrogen and oxygen atoms in total. The summed E-state index contributed by atoms with van der Waals surface area (Å²) >= 11 is 0. The quantitative estimate of drug-likeness (QED) is 0.810. The van der Waals surface area contributed by atoms with Gasteiger partial charge in [-0.1, -0.05) is 38.1 Å². The second-order valence-corrected chi connectivity index (χ2v) is 7.37. The van der Waals surface area contributed by atoms with Gasteiger partial charge < -0.3 is 15.0 Å². The van der Waals surface area contributed by atoms with Crippen LogP contribution in [0.25, 0.3) is 0 Å². The lowest BCUT2D eigenvalue weighted by molar-refractivity contribution is -0.122. The van der Waals surface area contributed by atoms with Crippen molar-refractivity contribution in [3.05, 3.63) is 60.2 Å². The smallest absolute Gasteiger partial charge is 0.265 e. The van der Waals surface area contributed by atoms with Gasteiger partial charge in [0.25, 0.3) is 11.8 Å². The minimum atomic E-state index is -0.592. The number of nitrogens with zero attached hydrogens (tertiary/aromatic N) is 1. The number of hydrogen-bond acceptors (Lipinski definition) is 3. The van der Waals surface area contributed by atoms with Gasteiger partial charge in [0.1, 0.15) is 5.75 Å². The van der Waals surface area contributed by atoms with Gasteiger partial charge in [0.2, 0.25) is 0 Å². The van der Waals surface area contributed by atoms with E-state index in [1.54, 1.807) is 24.3 Å². The van der Waals surface area contributed by atoms with Crippen LogP contribution in [-0.4, -0.2) is 35.9 Å². The largest absolute Gasteiger partial charge is 0.481 e. The number of piperidine rings is 1. The van der Waals surface area contributed by atoms with E-state index >= 15 is 0 Å². The lowest BCUT2D eigenvalue weighted by atomic mass is 9.98. The van der Waals surface area contributed by atoms with Crippen LogP contribution in [0.15, 0.2) is 54.6 Å². The fourth-order valence-electron chi connectivity index (χ4n) is 3.33. The maximum atomic E-state index is 12.8. The van der Waals surface area contributed by atoms with Crippen LogP contribution in [0.5, 0.6) is 5.75 Å². The van der Waals surface area contributed by atoms with Crippen molar-refractivity contribution >= 4 is 17.5 Å². The van der Waals surface area contributed by atoms with Gasteiger partial charge in [-0.25, -0.2) is 0 Å². The Kier molecular flexibility index (Phi) is 6.69. The van der Waals surface area contributed by atoms with Gasteiger partial charge in [-0.3, -0.25) is 9.59 Å². The lowest BCUT2D eigenvalue weighted by Crippen LogP contribution is -2.38. The number of amides is 2. The molecule has 2 amide bonds. The molecule has 2 aromatic rings. The molecule has 0 saturated carbocycles. The van der Waals surface area contributed by atoms with Crippen LogP contribution in [0.1, 0.15) is 43.5 Å². The van der Waals surface area contributed by atoms with Crippen LogP contribution in [0.2, 0.25) is 0 Å². The van der Waals surface area contributed by atoms with Gasteiger partial charge in [0.15, 0.2) is 6.10 Å². The fraction of sp³-hybridized carbons (Fsp3) is 0.391. The van der Waals surface area contributed by atoms with E-state index in [9.17, 15) is 9.59 Å². The maximum Gasteiger partial charge on any atom is 0.265 e. The highest BCUT2D eigenvalue weighted by atomic mass is 16.5. The second kappa shape index (κ2) is 9.40. The zero-order valence-electron chi connectivity index (χ0n) is 16.6. The lowest BCUT2D eigenvalue weighted by Gasteiger charge is -2.30. The van der Waals surface area contributed by atoms with E-state index in [-0.39, 0.29) is 11.8 Å². The van der Waals surface area contributed by atoms with Gasteiger partial charge in [-0.05, 0) is 55.5 Å². The summed E-state index contributed by atoms with van der Waals surface area (Å²) in [4.78, 5) is 27.3. The molecule has 0 radical (unpaired) electrons. The van der Waals surface area contributed by atoms with Crippen LogP contribution in [-0.2, 0) is 4.79 Å². The molecule has 2 aromatic carbocycles. The van der Waals surface area contributed by atoms with E-state index < -0.39 is 6.10 Å².